The van der Waals surface area contributed by atoms with Crippen LogP contribution in [0.5, 0.6) is 5.75 Å². The van der Waals surface area contributed by atoms with Crippen molar-refractivity contribution in [3.8, 4) is 5.75 Å². The van der Waals surface area contributed by atoms with E-state index in [4.69, 9.17) is 9.47 Å². The molecule has 1 aromatic heterocycles. The van der Waals surface area contributed by atoms with Crippen molar-refractivity contribution >= 4 is 37.1 Å². The lowest BCUT2D eigenvalue weighted by atomic mass is 9.90. The van der Waals surface area contributed by atoms with E-state index in [1.807, 2.05) is 13.8 Å². The van der Waals surface area contributed by atoms with Crippen LogP contribution in [0.4, 0.5) is 4.39 Å². The molecule has 0 spiro atoms. The minimum absolute atomic E-state index is 0.0196. The molecule has 0 aromatic carbocycles. The molecule has 1 atom stereocenters. The lowest BCUT2D eigenvalue weighted by molar-refractivity contribution is -0.127. The van der Waals surface area contributed by atoms with E-state index in [-0.39, 0.29) is 23.6 Å². The third-order valence-electron chi connectivity index (χ3n) is 6.38. The predicted molar refractivity (Wildman–Crippen MR) is 135 cm³/mol. The monoisotopic (exact) mass is 575 g/mol. The van der Waals surface area contributed by atoms with Gasteiger partial charge in [0.1, 0.15) is 23.2 Å². The van der Waals surface area contributed by atoms with Gasteiger partial charge in [-0.15, -0.1) is 20.7 Å². The summed E-state index contributed by atoms with van der Waals surface area (Å²) in [6.45, 7) is 7.53. The Morgan fingerprint density at radius 2 is 2.09 bits per heavy atom. The Hall–Kier alpha value is -1.62. The first-order valence-electron chi connectivity index (χ1n) is 11.5. The topological polar surface area (TPSA) is 89.6 Å². The third kappa shape index (κ3) is 6.49. The standard InChI is InChI=1S/C24H35FIN3O4/c1-5-24(6-2,22(31)28-11-17(25)10-26-4)29-21(30)19-9-20(18(12-27-19)16-7-8-16)33-15-23(3)13-32-14-23/h9,12,16-17H,4-8,10-11,13-15H2,1-3H3,(H,28,31)(H,29,30). The first-order chi connectivity index (χ1) is 15.8. The molecule has 1 aliphatic heterocycles. The highest BCUT2D eigenvalue weighted by Crippen LogP contribution is 2.44. The van der Waals surface area contributed by atoms with E-state index >= 15 is 0 Å². The van der Waals surface area contributed by atoms with Gasteiger partial charge in [0, 0.05) is 34.2 Å². The van der Waals surface area contributed by atoms with Gasteiger partial charge in [0.2, 0.25) is 5.91 Å². The Morgan fingerprint density at radius 3 is 2.64 bits per heavy atom. The van der Waals surface area contributed by atoms with Crippen LogP contribution in [0.2, 0.25) is 0 Å². The molecule has 0 bridgehead atoms. The van der Waals surface area contributed by atoms with Crippen LogP contribution in [-0.4, -0.2) is 63.8 Å². The molecule has 2 heterocycles. The Kier molecular flexibility index (Phi) is 8.82. The second kappa shape index (κ2) is 11.2. The number of pyridine rings is 1. The number of carbonyl (C=O) groups excluding carboxylic acids is 2. The molecule has 2 aliphatic rings. The summed E-state index contributed by atoms with van der Waals surface area (Å²) in [5.74, 6) is 0.264. The summed E-state index contributed by atoms with van der Waals surface area (Å²) in [5, 5.41) is 5.54. The number of amides is 2. The highest BCUT2D eigenvalue weighted by Gasteiger charge is 2.38. The number of alkyl halides is 2. The van der Waals surface area contributed by atoms with Crippen LogP contribution < -0.4 is 15.4 Å². The highest BCUT2D eigenvalue weighted by molar-refractivity contribution is 14.2. The minimum atomic E-state index is -1.13. The van der Waals surface area contributed by atoms with E-state index in [2.05, 4.69) is 27.1 Å². The maximum Gasteiger partial charge on any atom is 0.270 e. The van der Waals surface area contributed by atoms with Crippen LogP contribution in [0.1, 0.15) is 68.4 Å². The van der Waals surface area contributed by atoms with E-state index in [1.54, 1.807) is 12.3 Å². The van der Waals surface area contributed by atoms with Gasteiger partial charge < -0.3 is 20.1 Å². The maximum absolute atomic E-state index is 13.9. The summed E-state index contributed by atoms with van der Waals surface area (Å²) in [6.07, 6.45) is 3.54. The lowest BCUT2D eigenvalue weighted by Crippen LogP contribution is -2.59. The molecular weight excluding hydrogens is 540 g/mol. The van der Waals surface area contributed by atoms with Crippen molar-refractivity contribution in [1.82, 2.24) is 15.6 Å². The van der Waals surface area contributed by atoms with Gasteiger partial charge in [-0.1, -0.05) is 25.3 Å². The normalized spacial score (nSPS) is 18.2. The number of carbonyl (C=O) groups is 2. The number of ether oxygens (including phenoxy) is 2. The lowest BCUT2D eigenvalue weighted by Gasteiger charge is -2.37. The molecule has 2 fully saturated rings. The summed E-state index contributed by atoms with van der Waals surface area (Å²) in [4.78, 5) is 30.4. The van der Waals surface area contributed by atoms with Crippen molar-refractivity contribution in [2.45, 2.75) is 64.1 Å². The van der Waals surface area contributed by atoms with Gasteiger partial charge in [-0.3, -0.25) is 14.6 Å². The van der Waals surface area contributed by atoms with Crippen molar-refractivity contribution in [1.29, 1.82) is 0 Å². The van der Waals surface area contributed by atoms with Gasteiger partial charge in [0.05, 0.1) is 19.8 Å². The molecule has 2 amide bonds. The number of aromatic nitrogens is 1. The van der Waals surface area contributed by atoms with Gasteiger partial charge >= 0.3 is 0 Å². The number of rotatable bonds is 13. The summed E-state index contributed by atoms with van der Waals surface area (Å²) < 4.78 is 29.5. The van der Waals surface area contributed by atoms with E-state index in [0.29, 0.717) is 48.8 Å². The van der Waals surface area contributed by atoms with Crippen LogP contribution in [-0.2, 0) is 9.53 Å². The molecule has 3 rings (SSSR count). The Labute approximate surface area is 205 Å². The summed E-state index contributed by atoms with van der Waals surface area (Å²) >= 11 is -0.435. The maximum atomic E-state index is 13.9. The second-order valence-electron chi connectivity index (χ2n) is 9.37. The highest BCUT2D eigenvalue weighted by atomic mass is 127. The quantitative estimate of drug-likeness (QED) is 0.278. The molecule has 1 unspecified atom stereocenters. The first kappa shape index (κ1) is 26.0. The Bertz CT molecular complexity index is 869. The van der Waals surface area contributed by atoms with Crippen molar-refractivity contribution in [2.75, 3.05) is 30.8 Å². The van der Waals surface area contributed by atoms with Gasteiger partial charge in [-0.05, 0) is 31.6 Å². The molecule has 7 nitrogen and oxygen atoms in total. The predicted octanol–water partition coefficient (Wildman–Crippen LogP) is 3.52. The van der Waals surface area contributed by atoms with Gasteiger partial charge in [-0.2, -0.15) is 0 Å². The van der Waals surface area contributed by atoms with Crippen molar-refractivity contribution < 1.29 is 23.5 Å². The second-order valence-corrected chi connectivity index (χ2v) is 11.3. The number of halogens is 2. The van der Waals surface area contributed by atoms with Crippen LogP contribution >= 0.6 is 20.7 Å². The Balaban J connectivity index is 1.72. The van der Waals surface area contributed by atoms with Crippen molar-refractivity contribution in [3.63, 3.8) is 0 Å². The zero-order chi connectivity index (χ0) is 24.1. The molecule has 9 heteroatoms. The van der Waals surface area contributed by atoms with E-state index in [0.717, 1.165) is 18.4 Å². The fraction of sp³-hybridized carbons (Fsp3) is 0.667. The van der Waals surface area contributed by atoms with Crippen LogP contribution in [0, 0.1) is 5.41 Å². The SMILES string of the molecule is C=ICC(F)CNC(=O)C(CC)(CC)NC(=O)c1cc(OCC2(C)COC2)c(C2CC2)cn1. The summed E-state index contributed by atoms with van der Waals surface area (Å²) in [5.41, 5.74) is 0.0698. The fourth-order valence-electron chi connectivity index (χ4n) is 3.82. The van der Waals surface area contributed by atoms with E-state index < -0.39 is 38.3 Å². The molecule has 1 aromatic rings. The summed E-state index contributed by atoms with van der Waals surface area (Å²) in [7, 11) is 0. The number of hydrogen-bond acceptors (Lipinski definition) is 5. The molecule has 0 radical (unpaired) electrons. The third-order valence-corrected chi connectivity index (χ3v) is 7.96. The van der Waals surface area contributed by atoms with Crippen molar-refractivity contribution in [2.24, 2.45) is 5.41 Å². The van der Waals surface area contributed by atoms with E-state index in [1.165, 1.54) is 0 Å². The zero-order valence-corrected chi connectivity index (χ0v) is 21.9. The molecule has 184 valence electrons. The molecule has 1 aliphatic carbocycles. The smallest absolute Gasteiger partial charge is 0.270 e. The molecule has 1 saturated carbocycles. The number of nitrogens with one attached hydrogen (secondary N) is 2. The zero-order valence-electron chi connectivity index (χ0n) is 19.7. The fourth-order valence-corrected chi connectivity index (χ4v) is 4.80. The van der Waals surface area contributed by atoms with Gasteiger partial charge in [0.15, 0.2) is 0 Å². The minimum Gasteiger partial charge on any atom is -0.492 e. The van der Waals surface area contributed by atoms with Crippen LogP contribution in [0.15, 0.2) is 12.3 Å². The van der Waals surface area contributed by atoms with Crippen LogP contribution in [0.25, 0.3) is 0 Å². The first-order valence-corrected chi connectivity index (χ1v) is 14.6. The molecule has 33 heavy (non-hydrogen) atoms. The number of nitrogens with zero attached hydrogens (tertiary/aromatic N) is 1. The molecule has 2 N–H and O–H groups in total. The van der Waals surface area contributed by atoms with Crippen molar-refractivity contribution in [3.05, 3.63) is 23.5 Å². The number of hydrogen-bond donors (Lipinski definition) is 2. The average molecular weight is 575 g/mol. The Morgan fingerprint density at radius 1 is 1.39 bits per heavy atom. The largest absolute Gasteiger partial charge is 0.492 e. The molecule has 1 saturated heterocycles. The molecular formula is C24H35FIN3O4. The van der Waals surface area contributed by atoms with Crippen LogP contribution in [0.3, 0.4) is 0 Å². The summed E-state index contributed by atoms with van der Waals surface area (Å²) in [6, 6.07) is 1.68. The van der Waals surface area contributed by atoms with Gasteiger partial charge in [-0.25, -0.2) is 4.39 Å². The van der Waals surface area contributed by atoms with Gasteiger partial charge in [0.25, 0.3) is 5.91 Å². The van der Waals surface area contributed by atoms with E-state index in [9.17, 15) is 14.0 Å². The average Bonchev–Trinajstić information content (AvgIpc) is 3.63.